The number of nitrogens with one attached hydrogen (secondary N) is 2. The number of carbonyl (C=O) groups excluding carboxylic acids is 1. The van der Waals surface area contributed by atoms with Crippen molar-refractivity contribution in [2.45, 2.75) is 12.8 Å². The van der Waals surface area contributed by atoms with Crippen molar-refractivity contribution in [3.63, 3.8) is 0 Å². The van der Waals surface area contributed by atoms with Crippen LogP contribution in [0.3, 0.4) is 0 Å². The second kappa shape index (κ2) is 11.9. The molecule has 0 saturated heterocycles. The first kappa shape index (κ1) is 28.0. The average molecular weight is 732 g/mol. The molecule has 3 aromatic rings. The third-order valence-corrected chi connectivity index (χ3v) is 6.89. The molecule has 0 spiro atoms. The molecule has 3 aromatic carbocycles. The summed E-state index contributed by atoms with van der Waals surface area (Å²) < 4.78 is 6.66. The number of methoxy groups -OCH3 is 1. The standard InChI is InChI=1S/C23H18Cl2I2N2O3.ClH/c1-11-7-15(20(22(28)32-2)12-3-5-13(24)6-4-12)17(25)10-19(11)29-23(31)16-8-14(26)9-18(27)21(16)30;/h3-10,20,28,30H,1-2H3,(H,29,31);1H. The Kier molecular flexibility index (Phi) is 10.1. The van der Waals surface area contributed by atoms with Gasteiger partial charge in [-0.05, 0) is 99.1 Å². The first-order valence-corrected chi connectivity index (χ1v) is 12.2. The number of anilines is 1. The highest BCUT2D eigenvalue weighted by atomic mass is 127. The van der Waals surface area contributed by atoms with Gasteiger partial charge in [0.2, 0.25) is 0 Å². The molecule has 174 valence electrons. The van der Waals surface area contributed by atoms with Crippen molar-refractivity contribution in [1.29, 1.82) is 5.41 Å². The van der Waals surface area contributed by atoms with Gasteiger partial charge < -0.3 is 15.2 Å². The number of ether oxygens (including phenoxy) is 1. The van der Waals surface area contributed by atoms with E-state index in [1.807, 2.05) is 47.7 Å². The van der Waals surface area contributed by atoms with Gasteiger partial charge in [-0.2, -0.15) is 0 Å². The van der Waals surface area contributed by atoms with Gasteiger partial charge in [-0.1, -0.05) is 41.4 Å². The van der Waals surface area contributed by atoms with Gasteiger partial charge in [-0.15, -0.1) is 12.4 Å². The summed E-state index contributed by atoms with van der Waals surface area (Å²) in [5.41, 5.74) is 2.91. The number of rotatable bonds is 5. The van der Waals surface area contributed by atoms with Gasteiger partial charge >= 0.3 is 0 Å². The van der Waals surface area contributed by atoms with Crippen LogP contribution in [0.15, 0.2) is 48.5 Å². The van der Waals surface area contributed by atoms with E-state index in [1.54, 1.807) is 30.3 Å². The van der Waals surface area contributed by atoms with Gasteiger partial charge in [0.05, 0.1) is 22.2 Å². The van der Waals surface area contributed by atoms with E-state index in [-0.39, 0.29) is 29.6 Å². The van der Waals surface area contributed by atoms with Gasteiger partial charge in [0.1, 0.15) is 5.75 Å². The van der Waals surface area contributed by atoms with Crippen molar-refractivity contribution < 1.29 is 14.6 Å². The summed E-state index contributed by atoms with van der Waals surface area (Å²) >= 11 is 16.7. The molecule has 3 N–H and O–H groups in total. The van der Waals surface area contributed by atoms with Crippen LogP contribution in [0.25, 0.3) is 0 Å². The second-order valence-electron chi connectivity index (χ2n) is 6.98. The fraction of sp³-hybridized carbons (Fsp3) is 0.130. The molecule has 0 aliphatic heterocycles. The van der Waals surface area contributed by atoms with E-state index in [0.717, 1.165) is 14.7 Å². The lowest BCUT2D eigenvalue weighted by Gasteiger charge is -2.21. The summed E-state index contributed by atoms with van der Waals surface area (Å²) in [6, 6.07) is 14.0. The summed E-state index contributed by atoms with van der Waals surface area (Å²) in [5, 5.41) is 22.4. The quantitative estimate of drug-likeness (QED) is 0.143. The van der Waals surface area contributed by atoms with Gasteiger partial charge in [0.25, 0.3) is 5.91 Å². The van der Waals surface area contributed by atoms with Crippen molar-refractivity contribution >= 4 is 98.3 Å². The molecule has 1 unspecified atom stereocenters. The zero-order valence-electron chi connectivity index (χ0n) is 17.4. The van der Waals surface area contributed by atoms with Crippen LogP contribution in [0.1, 0.15) is 33.0 Å². The number of hydrogen-bond donors (Lipinski definition) is 3. The first-order valence-electron chi connectivity index (χ1n) is 9.29. The molecular weight excluding hydrogens is 712 g/mol. The number of halogens is 5. The maximum Gasteiger partial charge on any atom is 0.259 e. The molecule has 5 nitrogen and oxygen atoms in total. The molecule has 0 radical (unpaired) electrons. The average Bonchev–Trinajstić information content (AvgIpc) is 2.75. The van der Waals surface area contributed by atoms with Crippen LogP contribution in [0.5, 0.6) is 5.75 Å². The number of aromatic hydroxyl groups is 1. The van der Waals surface area contributed by atoms with Crippen molar-refractivity contribution in [3.8, 4) is 5.75 Å². The lowest BCUT2D eigenvalue weighted by Crippen LogP contribution is -2.17. The van der Waals surface area contributed by atoms with Crippen LogP contribution in [0.4, 0.5) is 5.69 Å². The molecule has 0 aliphatic carbocycles. The summed E-state index contributed by atoms with van der Waals surface area (Å²) in [7, 11) is 1.44. The third kappa shape index (κ3) is 6.45. The van der Waals surface area contributed by atoms with E-state index in [0.29, 0.717) is 24.9 Å². The Labute approximate surface area is 235 Å². The largest absolute Gasteiger partial charge is 0.506 e. The van der Waals surface area contributed by atoms with E-state index in [1.165, 1.54) is 7.11 Å². The van der Waals surface area contributed by atoms with Gasteiger partial charge in [-0.25, -0.2) is 0 Å². The van der Waals surface area contributed by atoms with Gasteiger partial charge in [0, 0.05) is 19.3 Å². The zero-order valence-corrected chi connectivity index (χ0v) is 24.0. The smallest absolute Gasteiger partial charge is 0.259 e. The van der Waals surface area contributed by atoms with Crippen LogP contribution in [0.2, 0.25) is 10.0 Å². The summed E-state index contributed by atoms with van der Waals surface area (Å²) in [4.78, 5) is 12.8. The number of hydrogen-bond acceptors (Lipinski definition) is 4. The molecule has 0 bridgehead atoms. The van der Waals surface area contributed by atoms with Crippen molar-refractivity contribution in [3.05, 3.63) is 88.0 Å². The van der Waals surface area contributed by atoms with E-state index in [2.05, 4.69) is 27.9 Å². The molecule has 10 heteroatoms. The van der Waals surface area contributed by atoms with E-state index in [4.69, 9.17) is 33.3 Å². The Balaban J connectivity index is 0.00000385. The minimum Gasteiger partial charge on any atom is -0.506 e. The number of amides is 1. The molecule has 0 fully saturated rings. The van der Waals surface area contributed by atoms with Crippen LogP contribution < -0.4 is 5.32 Å². The Bertz CT molecular complexity index is 1200. The van der Waals surface area contributed by atoms with E-state index >= 15 is 0 Å². The molecule has 33 heavy (non-hydrogen) atoms. The van der Waals surface area contributed by atoms with Crippen LogP contribution in [-0.4, -0.2) is 24.0 Å². The highest BCUT2D eigenvalue weighted by molar-refractivity contribution is 14.1. The first-order chi connectivity index (χ1) is 15.1. The lowest BCUT2D eigenvalue weighted by molar-refractivity contribution is 0.102. The highest BCUT2D eigenvalue weighted by Crippen LogP contribution is 2.36. The summed E-state index contributed by atoms with van der Waals surface area (Å²) in [6.45, 7) is 1.84. The number of benzene rings is 3. The van der Waals surface area contributed by atoms with Crippen molar-refractivity contribution in [2.24, 2.45) is 0 Å². The number of aryl methyl sites for hydroxylation is 1. The monoisotopic (exact) mass is 730 g/mol. The normalized spacial score (nSPS) is 11.3. The van der Waals surface area contributed by atoms with Gasteiger partial charge in [0.15, 0.2) is 5.90 Å². The fourth-order valence-electron chi connectivity index (χ4n) is 3.23. The Morgan fingerprint density at radius 2 is 1.76 bits per heavy atom. The predicted octanol–water partition coefficient (Wildman–Crippen LogP) is 7.65. The minimum atomic E-state index is -0.533. The lowest BCUT2D eigenvalue weighted by atomic mass is 9.89. The van der Waals surface area contributed by atoms with Crippen molar-refractivity contribution in [2.75, 3.05) is 12.4 Å². The maximum atomic E-state index is 12.8. The van der Waals surface area contributed by atoms with E-state index < -0.39 is 11.8 Å². The predicted molar refractivity (Wildman–Crippen MR) is 153 cm³/mol. The molecule has 3 rings (SSSR count). The third-order valence-electron chi connectivity index (χ3n) is 4.86. The van der Waals surface area contributed by atoms with Crippen molar-refractivity contribution in [1.82, 2.24) is 0 Å². The number of carbonyl (C=O) groups is 1. The molecule has 0 aromatic heterocycles. The molecule has 0 heterocycles. The Morgan fingerprint density at radius 3 is 2.36 bits per heavy atom. The summed E-state index contributed by atoms with van der Waals surface area (Å²) in [6.07, 6.45) is 0. The zero-order chi connectivity index (χ0) is 23.6. The van der Waals surface area contributed by atoms with Crippen LogP contribution in [0, 0.1) is 19.5 Å². The van der Waals surface area contributed by atoms with Gasteiger partial charge in [-0.3, -0.25) is 10.2 Å². The molecule has 1 amide bonds. The molecular formula is C23H19Cl3I2N2O3. The van der Waals surface area contributed by atoms with E-state index in [9.17, 15) is 9.90 Å². The fourth-order valence-corrected chi connectivity index (χ4v) is 5.48. The van der Waals surface area contributed by atoms with Crippen LogP contribution in [-0.2, 0) is 4.74 Å². The second-order valence-corrected chi connectivity index (χ2v) is 10.2. The Hall–Kier alpha value is -1.27. The topological polar surface area (TPSA) is 82.4 Å². The highest BCUT2D eigenvalue weighted by Gasteiger charge is 2.25. The molecule has 0 saturated carbocycles. The maximum absolute atomic E-state index is 12.8. The minimum absolute atomic E-state index is 0. The summed E-state index contributed by atoms with van der Waals surface area (Å²) in [5.74, 6) is -1.01. The van der Waals surface area contributed by atoms with Crippen LogP contribution >= 0.6 is 80.8 Å². The number of phenolic OH excluding ortho intramolecular Hbond substituents is 1. The molecule has 0 aliphatic rings. The number of phenols is 1. The Morgan fingerprint density at radius 1 is 1.12 bits per heavy atom. The SMILES string of the molecule is COC(=N)C(c1ccc(Cl)cc1)c1cc(C)c(NC(=O)c2cc(I)cc(I)c2O)cc1Cl.Cl. The molecule has 1 atom stereocenters.